The molecule has 0 spiro atoms. The lowest BCUT2D eigenvalue weighted by molar-refractivity contribution is -0.119. The van der Waals surface area contributed by atoms with E-state index >= 15 is 0 Å². The van der Waals surface area contributed by atoms with E-state index in [1.807, 2.05) is 0 Å². The first-order valence-electron chi connectivity index (χ1n) is 5.14. The smallest absolute Gasteiger partial charge is 0.252 e. The van der Waals surface area contributed by atoms with E-state index in [-0.39, 0.29) is 18.4 Å². The monoisotopic (exact) mass is 255 g/mol. The van der Waals surface area contributed by atoms with E-state index < -0.39 is 0 Å². The van der Waals surface area contributed by atoms with Crippen molar-refractivity contribution in [2.45, 2.75) is 0 Å². The Balaban J connectivity index is 2.36. The number of amides is 2. The average molecular weight is 256 g/mol. The zero-order valence-electron chi connectivity index (χ0n) is 9.20. The normalized spacial score (nSPS) is 9.76. The van der Waals surface area contributed by atoms with E-state index in [4.69, 9.17) is 17.3 Å². The summed E-state index contributed by atoms with van der Waals surface area (Å²) in [7, 11) is 0. The highest BCUT2D eigenvalue weighted by atomic mass is 35.5. The number of benzene rings is 1. The quantitative estimate of drug-likeness (QED) is 0.655. The van der Waals surface area contributed by atoms with Crippen LogP contribution in [0.3, 0.4) is 0 Å². The Bertz CT molecular complexity index is 409. The van der Waals surface area contributed by atoms with Crippen molar-refractivity contribution in [1.82, 2.24) is 10.6 Å². The molecule has 5 nitrogen and oxygen atoms in total. The standard InChI is InChI=1S/C11H14ClN3O2/c12-9-4-2-1-3-8(9)11(17)15-6-5-14-10(16)7-13/h1-4H,5-7,13H2,(H,14,16)(H,15,17). The van der Waals surface area contributed by atoms with Gasteiger partial charge in [-0.15, -0.1) is 0 Å². The van der Waals surface area contributed by atoms with Gasteiger partial charge >= 0.3 is 0 Å². The molecule has 2 amide bonds. The maximum atomic E-state index is 11.6. The summed E-state index contributed by atoms with van der Waals surface area (Å²) >= 11 is 5.86. The second-order valence-corrected chi connectivity index (χ2v) is 3.70. The third-order valence-electron chi connectivity index (χ3n) is 2.04. The summed E-state index contributed by atoms with van der Waals surface area (Å²) in [5, 5.41) is 5.58. The van der Waals surface area contributed by atoms with Gasteiger partial charge < -0.3 is 16.4 Å². The molecular weight excluding hydrogens is 242 g/mol. The van der Waals surface area contributed by atoms with Crippen LogP contribution < -0.4 is 16.4 Å². The molecule has 4 N–H and O–H groups in total. The van der Waals surface area contributed by atoms with Gasteiger partial charge in [-0.2, -0.15) is 0 Å². The van der Waals surface area contributed by atoms with Crippen LogP contribution in [-0.4, -0.2) is 31.4 Å². The fourth-order valence-electron chi connectivity index (χ4n) is 1.19. The number of carbonyl (C=O) groups is 2. The molecule has 0 bridgehead atoms. The van der Waals surface area contributed by atoms with Crippen molar-refractivity contribution in [3.8, 4) is 0 Å². The molecule has 1 aromatic rings. The summed E-state index contributed by atoms with van der Waals surface area (Å²) in [6.07, 6.45) is 0. The minimum atomic E-state index is -0.266. The second kappa shape index (κ2) is 6.88. The lowest BCUT2D eigenvalue weighted by Gasteiger charge is -2.07. The highest BCUT2D eigenvalue weighted by Gasteiger charge is 2.08. The van der Waals surface area contributed by atoms with Gasteiger partial charge in [-0.3, -0.25) is 9.59 Å². The van der Waals surface area contributed by atoms with Crippen LogP contribution in [0.4, 0.5) is 0 Å². The van der Waals surface area contributed by atoms with Gasteiger partial charge in [0.2, 0.25) is 5.91 Å². The first kappa shape index (κ1) is 13.5. The van der Waals surface area contributed by atoms with E-state index in [9.17, 15) is 9.59 Å². The minimum Gasteiger partial charge on any atom is -0.353 e. The van der Waals surface area contributed by atoms with Gasteiger partial charge in [0.25, 0.3) is 5.91 Å². The molecule has 17 heavy (non-hydrogen) atoms. The van der Waals surface area contributed by atoms with Crippen LogP contribution in [0.5, 0.6) is 0 Å². The molecule has 0 heterocycles. The van der Waals surface area contributed by atoms with Gasteiger partial charge in [0.1, 0.15) is 0 Å². The summed E-state index contributed by atoms with van der Waals surface area (Å²) in [5.41, 5.74) is 5.52. The number of carbonyl (C=O) groups excluding carboxylic acids is 2. The van der Waals surface area contributed by atoms with Crippen LogP contribution in [0, 0.1) is 0 Å². The van der Waals surface area contributed by atoms with Gasteiger partial charge in [-0.05, 0) is 12.1 Å². The number of hydrogen-bond acceptors (Lipinski definition) is 3. The molecule has 0 aliphatic rings. The molecule has 0 aliphatic carbocycles. The molecule has 0 aromatic heterocycles. The number of hydrogen-bond donors (Lipinski definition) is 3. The lowest BCUT2D eigenvalue weighted by atomic mass is 10.2. The number of halogens is 1. The predicted octanol–water partition coefficient (Wildman–Crippen LogP) is 0.145. The molecule has 0 atom stereocenters. The Kier molecular flexibility index (Phi) is 5.45. The maximum absolute atomic E-state index is 11.6. The summed E-state index contributed by atoms with van der Waals surface area (Å²) < 4.78 is 0. The molecule has 0 radical (unpaired) electrons. The molecule has 1 rings (SSSR count). The fraction of sp³-hybridized carbons (Fsp3) is 0.273. The van der Waals surface area contributed by atoms with Crippen LogP contribution in [-0.2, 0) is 4.79 Å². The molecule has 6 heteroatoms. The predicted molar refractivity (Wildman–Crippen MR) is 65.8 cm³/mol. The molecule has 0 unspecified atom stereocenters. The van der Waals surface area contributed by atoms with E-state index in [1.54, 1.807) is 24.3 Å². The highest BCUT2D eigenvalue weighted by molar-refractivity contribution is 6.33. The maximum Gasteiger partial charge on any atom is 0.252 e. The van der Waals surface area contributed by atoms with Gasteiger partial charge in [0.05, 0.1) is 17.1 Å². The second-order valence-electron chi connectivity index (χ2n) is 3.29. The first-order chi connectivity index (χ1) is 8.15. The van der Waals surface area contributed by atoms with Gasteiger partial charge in [0.15, 0.2) is 0 Å². The van der Waals surface area contributed by atoms with E-state index in [0.29, 0.717) is 23.7 Å². The summed E-state index contributed by atoms with van der Waals surface area (Å²) in [6, 6.07) is 6.76. The van der Waals surface area contributed by atoms with Crippen molar-refractivity contribution >= 4 is 23.4 Å². The zero-order chi connectivity index (χ0) is 12.7. The molecule has 0 fully saturated rings. The topological polar surface area (TPSA) is 84.2 Å². The van der Waals surface area contributed by atoms with Crippen molar-refractivity contribution in [2.24, 2.45) is 5.73 Å². The molecule has 1 aromatic carbocycles. The molecule has 0 saturated heterocycles. The third-order valence-corrected chi connectivity index (χ3v) is 2.37. The number of nitrogens with one attached hydrogen (secondary N) is 2. The molecular formula is C11H14ClN3O2. The van der Waals surface area contributed by atoms with Gasteiger partial charge in [-0.1, -0.05) is 23.7 Å². The highest BCUT2D eigenvalue weighted by Crippen LogP contribution is 2.14. The van der Waals surface area contributed by atoms with Crippen LogP contribution in [0.2, 0.25) is 5.02 Å². The Morgan fingerprint density at radius 2 is 1.82 bits per heavy atom. The molecule has 0 saturated carbocycles. The largest absolute Gasteiger partial charge is 0.353 e. The Morgan fingerprint density at radius 3 is 2.47 bits per heavy atom. The van der Waals surface area contributed by atoms with Crippen LogP contribution in [0.1, 0.15) is 10.4 Å². The lowest BCUT2D eigenvalue weighted by Crippen LogP contribution is -2.37. The van der Waals surface area contributed by atoms with E-state index in [2.05, 4.69) is 10.6 Å². The Labute approximate surface area is 104 Å². The van der Waals surface area contributed by atoms with Crippen LogP contribution in [0.25, 0.3) is 0 Å². The van der Waals surface area contributed by atoms with Crippen LogP contribution >= 0.6 is 11.6 Å². The summed E-state index contributed by atoms with van der Waals surface area (Å²) in [5.74, 6) is -0.519. The SMILES string of the molecule is NCC(=O)NCCNC(=O)c1ccccc1Cl. The number of nitrogens with two attached hydrogens (primary N) is 1. The van der Waals surface area contributed by atoms with Gasteiger partial charge in [-0.25, -0.2) is 0 Å². The first-order valence-corrected chi connectivity index (χ1v) is 5.52. The van der Waals surface area contributed by atoms with Crippen molar-refractivity contribution in [3.63, 3.8) is 0 Å². The van der Waals surface area contributed by atoms with Crippen LogP contribution in [0.15, 0.2) is 24.3 Å². The minimum absolute atomic E-state index is 0.0571. The van der Waals surface area contributed by atoms with Crippen molar-refractivity contribution in [2.75, 3.05) is 19.6 Å². The summed E-state index contributed by atoms with van der Waals surface area (Å²) in [4.78, 5) is 22.5. The molecule has 0 aliphatic heterocycles. The van der Waals surface area contributed by atoms with Crippen molar-refractivity contribution in [1.29, 1.82) is 0 Å². The number of rotatable bonds is 5. The zero-order valence-corrected chi connectivity index (χ0v) is 9.96. The third kappa shape index (κ3) is 4.42. The van der Waals surface area contributed by atoms with Gasteiger partial charge in [0, 0.05) is 13.1 Å². The Morgan fingerprint density at radius 1 is 1.18 bits per heavy atom. The van der Waals surface area contributed by atoms with E-state index in [1.165, 1.54) is 0 Å². The Hall–Kier alpha value is -1.59. The fourth-order valence-corrected chi connectivity index (χ4v) is 1.41. The average Bonchev–Trinajstić information content (AvgIpc) is 2.34. The van der Waals surface area contributed by atoms with E-state index in [0.717, 1.165) is 0 Å². The van der Waals surface area contributed by atoms with Crippen molar-refractivity contribution < 1.29 is 9.59 Å². The summed E-state index contributed by atoms with van der Waals surface area (Å²) in [6.45, 7) is 0.612. The van der Waals surface area contributed by atoms with Crippen molar-refractivity contribution in [3.05, 3.63) is 34.9 Å². The molecule has 92 valence electrons.